The smallest absolute Gasteiger partial charge is 0.309 e. The summed E-state index contributed by atoms with van der Waals surface area (Å²) in [6.07, 6.45) is 1.00. The van der Waals surface area contributed by atoms with Crippen LogP contribution < -0.4 is 0 Å². The lowest BCUT2D eigenvalue weighted by Crippen LogP contribution is -2.17. The second-order valence-corrected chi connectivity index (χ2v) is 4.91. The predicted octanol–water partition coefficient (Wildman–Crippen LogP) is 2.85. The van der Waals surface area contributed by atoms with Gasteiger partial charge in [0.05, 0.1) is 6.42 Å². The fourth-order valence-corrected chi connectivity index (χ4v) is 2.70. The van der Waals surface area contributed by atoms with Crippen LogP contribution in [0.5, 0.6) is 0 Å². The van der Waals surface area contributed by atoms with Crippen LogP contribution in [0.3, 0.4) is 0 Å². The minimum absolute atomic E-state index is 0.144. The Morgan fingerprint density at radius 1 is 1.05 bits per heavy atom. The first-order valence-electron chi connectivity index (χ1n) is 6.74. The van der Waals surface area contributed by atoms with Crippen molar-refractivity contribution in [1.29, 1.82) is 0 Å². The van der Waals surface area contributed by atoms with Crippen LogP contribution in [0.2, 0.25) is 0 Å². The van der Waals surface area contributed by atoms with Crippen LogP contribution >= 0.6 is 0 Å². The lowest BCUT2D eigenvalue weighted by atomic mass is 10.0. The van der Waals surface area contributed by atoms with E-state index in [9.17, 15) is 4.79 Å². The number of benzene rings is 2. The Bertz CT molecular complexity index is 674. The molecule has 0 aliphatic carbocycles. The third kappa shape index (κ3) is 2.35. The van der Waals surface area contributed by atoms with Crippen LogP contribution in [0, 0.1) is 0 Å². The monoisotopic (exact) mass is 266 g/mol. The Labute approximate surface area is 117 Å². The van der Waals surface area contributed by atoms with Crippen molar-refractivity contribution >= 4 is 17.4 Å². The van der Waals surface area contributed by atoms with Crippen LogP contribution in [0.4, 0.5) is 5.69 Å². The van der Waals surface area contributed by atoms with Gasteiger partial charge >= 0.3 is 5.97 Å². The van der Waals surface area contributed by atoms with Crippen molar-refractivity contribution in [3.63, 3.8) is 0 Å². The number of aliphatic carboxylic acids is 1. The molecule has 2 aromatic carbocycles. The van der Waals surface area contributed by atoms with Gasteiger partial charge in [-0.25, -0.2) is 0 Å². The molecule has 1 aliphatic heterocycles. The SMILES string of the molecule is O=C(O)CC[N+]1=C(c2ccccc2)Cc2ccccc21. The van der Waals surface area contributed by atoms with Crippen LogP contribution in [-0.2, 0) is 11.2 Å². The molecule has 0 radical (unpaired) electrons. The van der Waals surface area contributed by atoms with E-state index >= 15 is 0 Å². The Balaban J connectivity index is 2.04. The number of nitrogens with zero attached hydrogens (tertiary/aromatic N) is 1. The van der Waals surface area contributed by atoms with Crippen molar-refractivity contribution in [3.05, 3.63) is 65.7 Å². The molecular weight excluding hydrogens is 250 g/mol. The maximum atomic E-state index is 10.9. The molecule has 2 aromatic rings. The Morgan fingerprint density at radius 2 is 1.75 bits per heavy atom. The van der Waals surface area contributed by atoms with Gasteiger partial charge in [0.25, 0.3) is 0 Å². The summed E-state index contributed by atoms with van der Waals surface area (Å²) in [6, 6.07) is 18.4. The summed E-state index contributed by atoms with van der Waals surface area (Å²) in [4.78, 5) is 10.9. The van der Waals surface area contributed by atoms with Crippen LogP contribution in [0.25, 0.3) is 0 Å². The van der Waals surface area contributed by atoms with Crippen molar-refractivity contribution in [1.82, 2.24) is 0 Å². The lowest BCUT2D eigenvalue weighted by Gasteiger charge is -2.02. The van der Waals surface area contributed by atoms with Crippen LogP contribution in [0.1, 0.15) is 17.5 Å². The second-order valence-electron chi connectivity index (χ2n) is 4.91. The average molecular weight is 266 g/mol. The van der Waals surface area contributed by atoms with Gasteiger partial charge in [0.2, 0.25) is 5.69 Å². The number of hydrogen-bond acceptors (Lipinski definition) is 1. The molecule has 0 spiro atoms. The first-order valence-corrected chi connectivity index (χ1v) is 6.74. The summed E-state index contributed by atoms with van der Waals surface area (Å²) in [5, 5.41) is 8.94. The van der Waals surface area contributed by atoms with Crippen molar-refractivity contribution in [2.75, 3.05) is 6.54 Å². The third-order valence-electron chi connectivity index (χ3n) is 3.62. The first-order chi connectivity index (χ1) is 9.75. The highest BCUT2D eigenvalue weighted by atomic mass is 16.4. The van der Waals surface area contributed by atoms with E-state index in [0.717, 1.165) is 17.7 Å². The molecule has 3 rings (SSSR count). The highest BCUT2D eigenvalue weighted by molar-refractivity contribution is 6.01. The molecular formula is C17H16NO2+. The number of fused-ring (bicyclic) bond motifs is 1. The normalized spacial score (nSPS) is 13.4. The van der Waals surface area contributed by atoms with Gasteiger partial charge in [-0.3, -0.25) is 4.79 Å². The maximum Gasteiger partial charge on any atom is 0.309 e. The van der Waals surface area contributed by atoms with Gasteiger partial charge in [-0.05, 0) is 12.1 Å². The lowest BCUT2D eigenvalue weighted by molar-refractivity contribution is -0.436. The first kappa shape index (κ1) is 12.6. The summed E-state index contributed by atoms with van der Waals surface area (Å²) < 4.78 is 2.14. The predicted molar refractivity (Wildman–Crippen MR) is 77.7 cm³/mol. The van der Waals surface area contributed by atoms with E-state index in [2.05, 4.69) is 28.8 Å². The van der Waals surface area contributed by atoms with E-state index in [1.807, 2.05) is 30.3 Å². The molecule has 1 N–H and O–H groups in total. The van der Waals surface area contributed by atoms with E-state index < -0.39 is 5.97 Å². The van der Waals surface area contributed by atoms with E-state index in [0.29, 0.717) is 6.54 Å². The quantitative estimate of drug-likeness (QED) is 0.864. The van der Waals surface area contributed by atoms with Gasteiger partial charge in [0.15, 0.2) is 12.3 Å². The summed E-state index contributed by atoms with van der Waals surface area (Å²) in [6.45, 7) is 0.510. The number of carboxylic acid groups (broad SMARTS) is 1. The van der Waals surface area contributed by atoms with E-state index in [1.54, 1.807) is 0 Å². The van der Waals surface area contributed by atoms with E-state index in [1.165, 1.54) is 11.3 Å². The molecule has 0 saturated heterocycles. The summed E-state index contributed by atoms with van der Waals surface area (Å²) in [7, 11) is 0. The van der Waals surface area contributed by atoms with Crippen LogP contribution in [0.15, 0.2) is 54.6 Å². The molecule has 20 heavy (non-hydrogen) atoms. The fourth-order valence-electron chi connectivity index (χ4n) is 2.70. The number of rotatable bonds is 4. The zero-order valence-electron chi connectivity index (χ0n) is 11.1. The van der Waals surface area contributed by atoms with Gasteiger partial charge < -0.3 is 5.11 Å². The topological polar surface area (TPSA) is 40.3 Å². The second kappa shape index (κ2) is 5.29. The van der Waals surface area contributed by atoms with Gasteiger partial charge in [0.1, 0.15) is 6.42 Å². The number of para-hydroxylation sites is 1. The van der Waals surface area contributed by atoms with Gasteiger partial charge in [-0.15, -0.1) is 0 Å². The molecule has 0 saturated carbocycles. The van der Waals surface area contributed by atoms with Gasteiger partial charge in [0, 0.05) is 17.2 Å². The highest BCUT2D eigenvalue weighted by Crippen LogP contribution is 2.28. The van der Waals surface area contributed by atoms with E-state index in [4.69, 9.17) is 5.11 Å². The molecule has 3 heteroatoms. The molecule has 100 valence electrons. The fraction of sp³-hybridized carbons (Fsp3) is 0.176. The van der Waals surface area contributed by atoms with Gasteiger partial charge in [-0.1, -0.05) is 36.4 Å². The molecule has 1 heterocycles. The summed E-state index contributed by atoms with van der Waals surface area (Å²) in [5.41, 5.74) is 4.74. The van der Waals surface area contributed by atoms with Crippen LogP contribution in [-0.4, -0.2) is 27.9 Å². The molecule has 0 atom stereocenters. The zero-order valence-corrected chi connectivity index (χ0v) is 11.1. The minimum atomic E-state index is -0.762. The molecule has 1 aliphatic rings. The van der Waals surface area contributed by atoms with Crippen molar-refractivity contribution in [2.24, 2.45) is 0 Å². The number of hydrogen-bond donors (Lipinski definition) is 1. The molecule has 0 fully saturated rings. The molecule has 0 unspecified atom stereocenters. The van der Waals surface area contributed by atoms with Crippen molar-refractivity contribution in [3.8, 4) is 0 Å². The molecule has 3 nitrogen and oxygen atoms in total. The Kier molecular flexibility index (Phi) is 3.33. The van der Waals surface area contributed by atoms with Crippen molar-refractivity contribution in [2.45, 2.75) is 12.8 Å². The Morgan fingerprint density at radius 3 is 2.50 bits per heavy atom. The molecule has 0 bridgehead atoms. The summed E-state index contributed by atoms with van der Waals surface area (Å²) >= 11 is 0. The highest BCUT2D eigenvalue weighted by Gasteiger charge is 2.30. The zero-order chi connectivity index (χ0) is 13.9. The largest absolute Gasteiger partial charge is 0.481 e. The average Bonchev–Trinajstić information content (AvgIpc) is 2.84. The Hall–Kier alpha value is -2.42. The standard InChI is InChI=1S/C17H15NO2/c19-17(20)10-11-18-15-9-5-4-8-14(15)12-16(18)13-6-2-1-3-7-13/h1-9H,10-12H2/p+1. The summed E-state index contributed by atoms with van der Waals surface area (Å²) in [5.74, 6) is -0.762. The maximum absolute atomic E-state index is 10.9. The molecule has 0 amide bonds. The number of carbonyl (C=O) groups is 1. The molecule has 0 aromatic heterocycles. The van der Waals surface area contributed by atoms with Crippen molar-refractivity contribution < 1.29 is 14.5 Å². The van der Waals surface area contributed by atoms with Gasteiger partial charge in [-0.2, -0.15) is 4.58 Å². The third-order valence-corrected chi connectivity index (χ3v) is 3.62. The number of carboxylic acids is 1. The minimum Gasteiger partial charge on any atom is -0.481 e. The van der Waals surface area contributed by atoms with E-state index in [-0.39, 0.29) is 6.42 Å².